The summed E-state index contributed by atoms with van der Waals surface area (Å²) in [6.07, 6.45) is 0. The molecule has 2 aromatic carbocycles. The molecule has 0 saturated heterocycles. The molecule has 0 atom stereocenters. The molecular weight excluding hydrogens is 250 g/mol. The summed E-state index contributed by atoms with van der Waals surface area (Å²) >= 11 is 0. The SMILES string of the molecule is COc1ccc(-c2c(C)[nH]c3ccc(OC)cc23)cc1. The molecule has 0 radical (unpaired) electrons. The van der Waals surface area contributed by atoms with Gasteiger partial charge in [-0.3, -0.25) is 0 Å². The maximum Gasteiger partial charge on any atom is 0.119 e. The van der Waals surface area contributed by atoms with Gasteiger partial charge in [-0.05, 0) is 42.8 Å². The van der Waals surface area contributed by atoms with Crippen LogP contribution in [0.4, 0.5) is 0 Å². The third-order valence-corrected chi connectivity index (χ3v) is 3.57. The normalized spacial score (nSPS) is 10.8. The molecule has 0 unspecified atom stereocenters. The monoisotopic (exact) mass is 267 g/mol. The lowest BCUT2D eigenvalue weighted by Crippen LogP contribution is -1.84. The fourth-order valence-electron chi connectivity index (χ4n) is 2.56. The summed E-state index contributed by atoms with van der Waals surface area (Å²) in [6.45, 7) is 2.09. The van der Waals surface area contributed by atoms with Crippen molar-refractivity contribution >= 4 is 10.9 Å². The van der Waals surface area contributed by atoms with Crippen molar-refractivity contribution in [2.45, 2.75) is 6.92 Å². The zero-order valence-corrected chi connectivity index (χ0v) is 11.9. The Kier molecular flexibility index (Phi) is 3.11. The van der Waals surface area contributed by atoms with E-state index in [0.29, 0.717) is 0 Å². The lowest BCUT2D eigenvalue weighted by Gasteiger charge is -2.05. The van der Waals surface area contributed by atoms with Gasteiger partial charge in [0.05, 0.1) is 14.2 Å². The molecule has 0 spiro atoms. The lowest BCUT2D eigenvalue weighted by atomic mass is 10.0. The highest BCUT2D eigenvalue weighted by Gasteiger charge is 2.11. The van der Waals surface area contributed by atoms with E-state index in [1.165, 1.54) is 16.5 Å². The molecule has 3 nitrogen and oxygen atoms in total. The molecule has 3 heteroatoms. The third-order valence-electron chi connectivity index (χ3n) is 3.57. The van der Waals surface area contributed by atoms with Crippen LogP contribution in [0.25, 0.3) is 22.0 Å². The van der Waals surface area contributed by atoms with E-state index < -0.39 is 0 Å². The highest BCUT2D eigenvalue weighted by Crippen LogP contribution is 2.34. The predicted octanol–water partition coefficient (Wildman–Crippen LogP) is 4.16. The van der Waals surface area contributed by atoms with Crippen LogP contribution in [-0.4, -0.2) is 19.2 Å². The maximum absolute atomic E-state index is 5.33. The Bertz CT molecular complexity index is 742. The second kappa shape index (κ2) is 4.93. The van der Waals surface area contributed by atoms with Crippen LogP contribution < -0.4 is 9.47 Å². The second-order valence-electron chi connectivity index (χ2n) is 4.77. The molecule has 102 valence electrons. The van der Waals surface area contributed by atoms with Crippen LogP contribution in [0.2, 0.25) is 0 Å². The van der Waals surface area contributed by atoms with Gasteiger partial charge in [0.25, 0.3) is 0 Å². The van der Waals surface area contributed by atoms with Crippen molar-refractivity contribution in [1.82, 2.24) is 4.98 Å². The topological polar surface area (TPSA) is 34.2 Å². The first-order valence-corrected chi connectivity index (χ1v) is 6.53. The highest BCUT2D eigenvalue weighted by atomic mass is 16.5. The highest BCUT2D eigenvalue weighted by molar-refractivity contribution is 5.98. The van der Waals surface area contributed by atoms with Crippen molar-refractivity contribution in [2.75, 3.05) is 14.2 Å². The van der Waals surface area contributed by atoms with Crippen molar-refractivity contribution < 1.29 is 9.47 Å². The summed E-state index contributed by atoms with van der Waals surface area (Å²) in [6, 6.07) is 14.2. The minimum absolute atomic E-state index is 0.865. The molecule has 0 bridgehead atoms. The number of hydrogen-bond acceptors (Lipinski definition) is 2. The quantitative estimate of drug-likeness (QED) is 0.773. The first-order valence-electron chi connectivity index (χ1n) is 6.53. The van der Waals surface area contributed by atoms with Gasteiger partial charge in [0, 0.05) is 22.2 Å². The van der Waals surface area contributed by atoms with Crippen LogP contribution in [0.15, 0.2) is 42.5 Å². The Morgan fingerprint density at radius 1 is 0.850 bits per heavy atom. The van der Waals surface area contributed by atoms with Crippen LogP contribution in [0, 0.1) is 6.92 Å². The Morgan fingerprint density at radius 2 is 1.50 bits per heavy atom. The number of H-pyrrole nitrogens is 1. The molecule has 3 aromatic rings. The maximum atomic E-state index is 5.33. The third kappa shape index (κ3) is 2.01. The molecule has 0 aliphatic carbocycles. The number of nitrogens with one attached hydrogen (secondary N) is 1. The summed E-state index contributed by atoms with van der Waals surface area (Å²) < 4.78 is 10.5. The van der Waals surface area contributed by atoms with E-state index in [9.17, 15) is 0 Å². The fraction of sp³-hybridized carbons (Fsp3) is 0.176. The van der Waals surface area contributed by atoms with Crippen LogP contribution in [0.5, 0.6) is 11.5 Å². The van der Waals surface area contributed by atoms with Crippen molar-refractivity contribution in [2.24, 2.45) is 0 Å². The van der Waals surface area contributed by atoms with Crippen LogP contribution in [0.3, 0.4) is 0 Å². The van der Waals surface area contributed by atoms with Crippen molar-refractivity contribution in [3.8, 4) is 22.6 Å². The van der Waals surface area contributed by atoms with Crippen molar-refractivity contribution in [3.63, 3.8) is 0 Å². The first kappa shape index (κ1) is 12.6. The van der Waals surface area contributed by atoms with E-state index in [2.05, 4.69) is 30.1 Å². The van der Waals surface area contributed by atoms with E-state index in [0.717, 1.165) is 22.7 Å². The van der Waals surface area contributed by atoms with E-state index in [-0.39, 0.29) is 0 Å². The van der Waals surface area contributed by atoms with Crippen molar-refractivity contribution in [3.05, 3.63) is 48.2 Å². The van der Waals surface area contributed by atoms with E-state index in [1.807, 2.05) is 24.3 Å². The molecule has 1 aromatic heterocycles. The largest absolute Gasteiger partial charge is 0.497 e. The Labute approximate surface area is 118 Å². The molecule has 3 rings (SSSR count). The van der Waals surface area contributed by atoms with Gasteiger partial charge in [-0.2, -0.15) is 0 Å². The molecule has 0 aliphatic heterocycles. The molecule has 0 aliphatic rings. The number of benzene rings is 2. The number of aromatic nitrogens is 1. The summed E-state index contributed by atoms with van der Waals surface area (Å²) in [5.41, 5.74) is 4.65. The van der Waals surface area contributed by atoms with E-state index >= 15 is 0 Å². The van der Waals surface area contributed by atoms with Gasteiger partial charge in [0.15, 0.2) is 0 Å². The Morgan fingerprint density at radius 3 is 2.15 bits per heavy atom. The predicted molar refractivity (Wildman–Crippen MR) is 81.6 cm³/mol. The number of rotatable bonds is 3. The molecule has 20 heavy (non-hydrogen) atoms. The molecular formula is C17H17NO2. The number of aromatic amines is 1. The summed E-state index contributed by atoms with van der Waals surface area (Å²) in [5.74, 6) is 1.73. The standard InChI is InChI=1S/C17H17NO2/c1-11-17(12-4-6-13(19-2)7-5-12)15-10-14(20-3)8-9-16(15)18-11/h4-10,18H,1-3H3. The minimum atomic E-state index is 0.865. The Hall–Kier alpha value is -2.42. The first-order chi connectivity index (χ1) is 9.72. The van der Waals surface area contributed by atoms with Gasteiger partial charge >= 0.3 is 0 Å². The van der Waals surface area contributed by atoms with Gasteiger partial charge in [0.2, 0.25) is 0 Å². The number of fused-ring (bicyclic) bond motifs is 1. The fourth-order valence-corrected chi connectivity index (χ4v) is 2.56. The molecule has 0 fully saturated rings. The molecule has 1 heterocycles. The minimum Gasteiger partial charge on any atom is -0.497 e. The average Bonchev–Trinajstić information content (AvgIpc) is 2.82. The summed E-state index contributed by atoms with van der Waals surface area (Å²) in [5, 5.41) is 1.17. The van der Waals surface area contributed by atoms with Crippen molar-refractivity contribution in [1.29, 1.82) is 0 Å². The van der Waals surface area contributed by atoms with E-state index in [1.54, 1.807) is 14.2 Å². The van der Waals surface area contributed by atoms with Crippen LogP contribution >= 0.6 is 0 Å². The summed E-state index contributed by atoms with van der Waals surface area (Å²) in [4.78, 5) is 3.42. The van der Waals surface area contributed by atoms with Gasteiger partial charge in [-0.15, -0.1) is 0 Å². The zero-order chi connectivity index (χ0) is 14.1. The summed E-state index contributed by atoms with van der Waals surface area (Å²) in [7, 11) is 3.37. The number of hydrogen-bond donors (Lipinski definition) is 1. The molecule has 1 N–H and O–H groups in total. The molecule has 0 saturated carbocycles. The smallest absolute Gasteiger partial charge is 0.119 e. The Balaban J connectivity index is 2.20. The van der Waals surface area contributed by atoms with Gasteiger partial charge < -0.3 is 14.5 Å². The zero-order valence-electron chi connectivity index (χ0n) is 11.9. The molecule has 0 amide bonds. The second-order valence-corrected chi connectivity index (χ2v) is 4.77. The average molecular weight is 267 g/mol. The lowest BCUT2D eigenvalue weighted by molar-refractivity contribution is 0.415. The van der Waals surface area contributed by atoms with Crippen LogP contribution in [-0.2, 0) is 0 Å². The van der Waals surface area contributed by atoms with E-state index in [4.69, 9.17) is 9.47 Å². The number of methoxy groups -OCH3 is 2. The van der Waals surface area contributed by atoms with Gasteiger partial charge in [0.1, 0.15) is 11.5 Å². The van der Waals surface area contributed by atoms with Crippen LogP contribution in [0.1, 0.15) is 5.69 Å². The van der Waals surface area contributed by atoms with Gasteiger partial charge in [-0.1, -0.05) is 12.1 Å². The van der Waals surface area contributed by atoms with Gasteiger partial charge in [-0.25, -0.2) is 0 Å². The number of ether oxygens (including phenoxy) is 2. The number of aryl methyl sites for hydroxylation is 1.